The van der Waals surface area contributed by atoms with Gasteiger partial charge in [0.1, 0.15) is 5.75 Å². The van der Waals surface area contributed by atoms with Crippen LogP contribution in [0, 0.1) is 0 Å². The van der Waals surface area contributed by atoms with Gasteiger partial charge in [-0.25, -0.2) is 9.63 Å². The van der Waals surface area contributed by atoms with Gasteiger partial charge in [-0.3, -0.25) is 0 Å². The summed E-state index contributed by atoms with van der Waals surface area (Å²) in [5, 5.41) is 5.97. The van der Waals surface area contributed by atoms with Gasteiger partial charge in [0, 0.05) is 10.6 Å². The molecule has 0 fully saturated rings. The van der Waals surface area contributed by atoms with E-state index in [1.807, 2.05) is 30.3 Å². The Hall–Kier alpha value is -3.68. The lowest BCUT2D eigenvalue weighted by molar-refractivity contribution is 0.0734. The number of ether oxygens (including phenoxy) is 1. The number of fused-ring (bicyclic) bond motifs is 1. The highest BCUT2D eigenvalue weighted by Crippen LogP contribution is 2.27. The smallest absolute Gasteiger partial charge is 0.343 e. The Morgan fingerprint density at radius 2 is 1.56 bits per heavy atom. The van der Waals surface area contributed by atoms with Crippen molar-refractivity contribution in [1.82, 2.24) is 4.83 Å². The van der Waals surface area contributed by atoms with Crippen LogP contribution in [0.5, 0.6) is 5.75 Å². The number of hydrazone groups is 1. The fourth-order valence-corrected chi connectivity index (χ4v) is 3.97. The third-order valence-corrected chi connectivity index (χ3v) is 6.12. The zero-order valence-corrected chi connectivity index (χ0v) is 18.2. The third kappa shape index (κ3) is 4.80. The number of rotatable bonds is 6. The second-order valence-corrected chi connectivity index (χ2v) is 8.86. The number of benzene rings is 4. The number of sulfonamides is 1. The molecule has 4 rings (SSSR count). The van der Waals surface area contributed by atoms with Crippen molar-refractivity contribution in [3.63, 3.8) is 0 Å². The lowest BCUT2D eigenvalue weighted by Gasteiger charge is -2.11. The Morgan fingerprint density at radius 1 is 0.875 bits per heavy atom. The first-order valence-corrected chi connectivity index (χ1v) is 11.4. The summed E-state index contributed by atoms with van der Waals surface area (Å²) in [7, 11) is -3.89. The van der Waals surface area contributed by atoms with Crippen LogP contribution in [-0.4, -0.2) is 20.6 Å². The Kier molecular flexibility index (Phi) is 6.20. The first-order chi connectivity index (χ1) is 15.4. The molecule has 0 aliphatic rings. The van der Waals surface area contributed by atoms with Gasteiger partial charge < -0.3 is 4.74 Å². The maximum absolute atomic E-state index is 12.6. The predicted molar refractivity (Wildman–Crippen MR) is 125 cm³/mol. The highest BCUT2D eigenvalue weighted by atomic mass is 35.5. The van der Waals surface area contributed by atoms with Crippen LogP contribution in [0.25, 0.3) is 10.8 Å². The van der Waals surface area contributed by atoms with Crippen molar-refractivity contribution >= 4 is 44.6 Å². The van der Waals surface area contributed by atoms with Crippen molar-refractivity contribution in [3.8, 4) is 5.75 Å². The largest absolute Gasteiger partial charge is 0.422 e. The molecule has 0 unspecified atom stereocenters. The van der Waals surface area contributed by atoms with E-state index in [4.69, 9.17) is 16.3 Å². The standard InChI is InChI=1S/C24H17ClN2O4S/c25-19-11-13-20(14-12-19)32(29,30)27-26-16-22-21-9-5-4-6-17(21)10-15-23(22)31-24(28)18-7-2-1-3-8-18/h1-16,27H. The van der Waals surface area contributed by atoms with E-state index in [1.165, 1.54) is 30.5 Å². The fourth-order valence-electron chi connectivity index (χ4n) is 3.06. The molecule has 4 aromatic rings. The molecule has 0 radical (unpaired) electrons. The molecule has 32 heavy (non-hydrogen) atoms. The van der Waals surface area contributed by atoms with Gasteiger partial charge in [0.2, 0.25) is 0 Å². The van der Waals surface area contributed by atoms with Gasteiger partial charge in [0.05, 0.1) is 16.7 Å². The number of hydrogen-bond acceptors (Lipinski definition) is 5. The maximum atomic E-state index is 12.6. The van der Waals surface area contributed by atoms with E-state index in [9.17, 15) is 13.2 Å². The normalized spacial score (nSPS) is 11.5. The molecule has 0 atom stereocenters. The molecule has 1 N–H and O–H groups in total. The van der Waals surface area contributed by atoms with Gasteiger partial charge in [-0.15, -0.1) is 0 Å². The lowest BCUT2D eigenvalue weighted by atomic mass is 10.0. The Labute approximate surface area is 190 Å². The summed E-state index contributed by atoms with van der Waals surface area (Å²) in [6.45, 7) is 0. The number of carbonyl (C=O) groups excluding carboxylic acids is 1. The number of esters is 1. The summed E-state index contributed by atoms with van der Waals surface area (Å²) < 4.78 is 30.6. The van der Waals surface area contributed by atoms with Crippen LogP contribution in [0.2, 0.25) is 5.02 Å². The van der Waals surface area contributed by atoms with Crippen LogP contribution < -0.4 is 9.57 Å². The molecule has 4 aromatic carbocycles. The second-order valence-electron chi connectivity index (χ2n) is 6.76. The van der Waals surface area contributed by atoms with Crippen LogP contribution in [0.1, 0.15) is 15.9 Å². The second kappa shape index (κ2) is 9.21. The van der Waals surface area contributed by atoms with Crippen molar-refractivity contribution in [1.29, 1.82) is 0 Å². The van der Waals surface area contributed by atoms with E-state index in [-0.39, 0.29) is 10.6 Å². The third-order valence-electron chi connectivity index (χ3n) is 4.63. The SMILES string of the molecule is O=C(Oc1ccc2ccccc2c1C=NNS(=O)(=O)c1ccc(Cl)cc1)c1ccccc1. The quantitative estimate of drug-likeness (QED) is 0.188. The van der Waals surface area contributed by atoms with Crippen LogP contribution in [-0.2, 0) is 10.0 Å². The van der Waals surface area contributed by atoms with Crippen molar-refractivity contribution < 1.29 is 17.9 Å². The molecule has 6 nitrogen and oxygen atoms in total. The van der Waals surface area contributed by atoms with Gasteiger partial charge in [-0.2, -0.15) is 13.5 Å². The minimum absolute atomic E-state index is 0.0210. The van der Waals surface area contributed by atoms with Crippen molar-refractivity contribution in [2.24, 2.45) is 5.10 Å². The Bertz CT molecular complexity index is 1400. The lowest BCUT2D eigenvalue weighted by Crippen LogP contribution is -2.18. The van der Waals surface area contributed by atoms with Gasteiger partial charge in [0.25, 0.3) is 10.0 Å². The molecular formula is C24H17ClN2O4S. The Balaban J connectivity index is 1.66. The van der Waals surface area contributed by atoms with Crippen LogP contribution >= 0.6 is 11.6 Å². The van der Waals surface area contributed by atoms with Crippen molar-refractivity contribution in [2.75, 3.05) is 0 Å². The highest BCUT2D eigenvalue weighted by molar-refractivity contribution is 7.89. The topological polar surface area (TPSA) is 84.8 Å². The molecule has 0 saturated heterocycles. The fraction of sp³-hybridized carbons (Fsp3) is 0. The molecular weight excluding hydrogens is 448 g/mol. The molecule has 0 aliphatic heterocycles. The molecule has 0 aromatic heterocycles. The Morgan fingerprint density at radius 3 is 2.31 bits per heavy atom. The average molecular weight is 465 g/mol. The minimum atomic E-state index is -3.89. The van der Waals surface area contributed by atoms with Gasteiger partial charge in [0.15, 0.2) is 0 Å². The van der Waals surface area contributed by atoms with Crippen molar-refractivity contribution in [2.45, 2.75) is 4.90 Å². The molecule has 0 aliphatic carbocycles. The minimum Gasteiger partial charge on any atom is -0.422 e. The molecule has 0 spiro atoms. The zero-order chi connectivity index (χ0) is 22.6. The number of carbonyl (C=O) groups is 1. The summed E-state index contributed by atoms with van der Waals surface area (Å²) in [6.07, 6.45) is 1.32. The number of hydrogen-bond donors (Lipinski definition) is 1. The van der Waals surface area contributed by atoms with Crippen LogP contribution in [0.15, 0.2) is 101 Å². The van der Waals surface area contributed by atoms with E-state index in [0.717, 1.165) is 10.8 Å². The summed E-state index contributed by atoms with van der Waals surface area (Å²) in [4.78, 5) is 14.8. The van der Waals surface area contributed by atoms with E-state index < -0.39 is 16.0 Å². The monoisotopic (exact) mass is 464 g/mol. The van der Waals surface area contributed by atoms with Crippen molar-refractivity contribution in [3.05, 3.63) is 107 Å². The summed E-state index contributed by atoms with van der Waals surface area (Å²) in [5.74, 6) is -0.274. The molecule has 8 heteroatoms. The number of nitrogens with zero attached hydrogens (tertiary/aromatic N) is 1. The van der Waals surface area contributed by atoms with E-state index in [2.05, 4.69) is 9.93 Å². The molecule has 0 amide bonds. The first kappa shape index (κ1) is 21.5. The van der Waals surface area contributed by atoms with E-state index >= 15 is 0 Å². The van der Waals surface area contributed by atoms with Crippen LogP contribution in [0.3, 0.4) is 0 Å². The summed E-state index contributed by atoms with van der Waals surface area (Å²) >= 11 is 5.82. The molecule has 0 heterocycles. The van der Waals surface area contributed by atoms with E-state index in [0.29, 0.717) is 16.1 Å². The molecule has 160 valence electrons. The van der Waals surface area contributed by atoms with Crippen LogP contribution in [0.4, 0.5) is 0 Å². The zero-order valence-electron chi connectivity index (χ0n) is 16.6. The number of halogens is 1. The van der Waals surface area contributed by atoms with E-state index in [1.54, 1.807) is 36.4 Å². The average Bonchev–Trinajstić information content (AvgIpc) is 2.81. The first-order valence-electron chi connectivity index (χ1n) is 9.53. The van der Waals surface area contributed by atoms with Gasteiger partial charge in [-0.1, -0.05) is 60.1 Å². The number of nitrogens with one attached hydrogen (secondary N) is 1. The summed E-state index contributed by atoms with van der Waals surface area (Å²) in [5.41, 5.74) is 0.859. The van der Waals surface area contributed by atoms with Gasteiger partial charge in [-0.05, 0) is 53.2 Å². The predicted octanol–water partition coefficient (Wildman–Crippen LogP) is 5.02. The van der Waals surface area contributed by atoms with Gasteiger partial charge >= 0.3 is 5.97 Å². The summed E-state index contributed by atoms with van der Waals surface area (Å²) in [6, 6.07) is 25.2. The highest BCUT2D eigenvalue weighted by Gasteiger charge is 2.15. The molecule has 0 saturated carbocycles. The molecule has 0 bridgehead atoms. The maximum Gasteiger partial charge on any atom is 0.343 e.